The van der Waals surface area contributed by atoms with Gasteiger partial charge in [-0.15, -0.1) is 8.67 Å². The molecule has 8 N–H and O–H groups in total. The van der Waals surface area contributed by atoms with Crippen LogP contribution in [0.15, 0.2) is 213 Å². The van der Waals surface area contributed by atoms with Crippen LogP contribution in [0.3, 0.4) is 0 Å². The zero-order valence-electron chi connectivity index (χ0n) is 44.5. The summed E-state index contributed by atoms with van der Waals surface area (Å²) in [5.74, 6) is -0.722. The molecule has 0 heterocycles. The molecule has 0 saturated carbocycles. The van der Waals surface area contributed by atoms with Crippen LogP contribution >= 0.6 is 24.1 Å². The van der Waals surface area contributed by atoms with Crippen LogP contribution in [0.1, 0.15) is 27.7 Å². The number of azo groups is 3. The van der Waals surface area contributed by atoms with Gasteiger partial charge in [0.2, 0.25) is 0 Å². The monoisotopic (exact) mass is 1220 g/mol. The molecule has 0 aliphatic carbocycles. The van der Waals surface area contributed by atoms with Gasteiger partial charge in [0.05, 0.1) is 49.8 Å². The third-order valence-electron chi connectivity index (χ3n) is 10.5. The third-order valence-corrected chi connectivity index (χ3v) is 14.7. The average Bonchev–Trinajstić information content (AvgIpc) is 2.06. The Morgan fingerprint density at radius 2 is 0.915 bits per heavy atom. The Morgan fingerprint density at radius 1 is 0.476 bits per heavy atom. The van der Waals surface area contributed by atoms with Crippen LogP contribution in [0, 0.1) is 0 Å². The van der Waals surface area contributed by atoms with E-state index in [1.165, 1.54) is 56.2 Å². The first-order valence-corrected chi connectivity index (χ1v) is 29.5. The van der Waals surface area contributed by atoms with Crippen molar-refractivity contribution in [3.8, 4) is 17.2 Å². The molecule has 29 heteroatoms. The first-order chi connectivity index (χ1) is 39.3. The standard InChI is InChI=1S/C16H12O6S2.C12H13N5O7S2.C11H10N2O4S.C10H8.2C2H6/c17-23(18,19)14-10-12-6-4-5-9-15(12)16(11-14)22-24(20,21)13-7-2-1-3-8-13;1-14-16-6-4-8(26(20,21)22)5-3-7(25-24-23-19)11(17-15-2)12(18)9(5)10(6)13;1-12-13-10-9(18-17-16-15)6-7-4-2-3-5-8(7)11(10)14;1-2-6-10-8-4-3-7-9(10)5-1;2*1-2/h1-11H,(H,17,18,19);3-4,18-19H,13H2,1-2H3,(H,20,21,22);2-6,14-15H,1H3;1-8H;2*1-2H3. The molecule has 0 atom stereocenters. The lowest BCUT2D eigenvalue weighted by molar-refractivity contribution is -0.432. The van der Waals surface area contributed by atoms with E-state index in [4.69, 9.17) is 20.4 Å². The minimum Gasteiger partial charge on any atom is -0.505 e. The van der Waals surface area contributed by atoms with Crippen LogP contribution in [0.2, 0.25) is 0 Å². The molecule has 0 aromatic heterocycles. The van der Waals surface area contributed by atoms with Crippen molar-refractivity contribution >= 4 is 120 Å². The normalized spacial score (nSPS) is 11.5. The number of fused-ring (bicyclic) bond motifs is 4. The maximum Gasteiger partial charge on any atom is 0.339 e. The predicted molar refractivity (Wildman–Crippen MR) is 313 cm³/mol. The highest BCUT2D eigenvalue weighted by atomic mass is 32.2. The van der Waals surface area contributed by atoms with Gasteiger partial charge in [0.15, 0.2) is 17.2 Å². The van der Waals surface area contributed by atoms with E-state index in [1.54, 1.807) is 54.6 Å². The lowest BCUT2D eigenvalue weighted by atomic mass is 10.0. The Morgan fingerprint density at radius 3 is 1.39 bits per heavy atom. The molecule has 82 heavy (non-hydrogen) atoms. The number of nitrogens with zero attached hydrogens (tertiary/aromatic N) is 6. The highest BCUT2D eigenvalue weighted by Gasteiger charge is 2.26. The Kier molecular flexibility index (Phi) is 26.1. The van der Waals surface area contributed by atoms with Gasteiger partial charge in [-0.3, -0.25) is 9.11 Å². The van der Waals surface area contributed by atoms with E-state index in [9.17, 15) is 44.6 Å². The Balaban J connectivity index is 0.000000239. The van der Waals surface area contributed by atoms with Gasteiger partial charge in [-0.2, -0.15) is 55.9 Å². The van der Waals surface area contributed by atoms with Crippen molar-refractivity contribution in [3.05, 3.63) is 158 Å². The number of hydrogen-bond donors (Lipinski definition) is 7. The van der Waals surface area contributed by atoms with Crippen molar-refractivity contribution < 1.29 is 78.0 Å². The Labute approximate surface area is 480 Å². The molecule has 9 aromatic rings. The summed E-state index contributed by atoms with van der Waals surface area (Å²) in [7, 11) is -9.22. The summed E-state index contributed by atoms with van der Waals surface area (Å²) < 4.78 is 104. The SMILES string of the molecule is CC.CC.CN=Nc1c(SOOO)cc2ccccc2c1O.CN=Nc1cc(S(=O)(=O)O)c2cc(SOOO)c(N=NC)c(O)c2c1N.O=S(=O)(O)c1cc(OS(=O)(=O)c2ccccc2)c2ccccc2c1.c1ccc2ccccc2c1. The lowest BCUT2D eigenvalue weighted by Crippen LogP contribution is -2.10. The molecule has 0 unspecified atom stereocenters. The van der Waals surface area contributed by atoms with Crippen molar-refractivity contribution in [2.24, 2.45) is 30.7 Å². The number of benzene rings is 9. The van der Waals surface area contributed by atoms with E-state index in [2.05, 4.69) is 98.0 Å². The molecule has 9 rings (SSSR count). The smallest absolute Gasteiger partial charge is 0.339 e. The van der Waals surface area contributed by atoms with Crippen LogP contribution in [0.5, 0.6) is 17.2 Å². The van der Waals surface area contributed by atoms with Crippen molar-refractivity contribution in [1.82, 2.24) is 0 Å². The van der Waals surface area contributed by atoms with Gasteiger partial charge in [0, 0.05) is 43.4 Å². The van der Waals surface area contributed by atoms with Crippen LogP contribution in [0.4, 0.5) is 22.7 Å². The van der Waals surface area contributed by atoms with Gasteiger partial charge in [-0.05, 0) is 57.9 Å². The molecular weight excluding hydrogens is 1170 g/mol. The van der Waals surface area contributed by atoms with Crippen LogP contribution in [-0.2, 0) is 49.1 Å². The maximum atomic E-state index is 12.4. The average molecular weight is 1220 g/mol. The number of hydrogen-bond acceptors (Lipinski definition) is 24. The molecule has 0 bridgehead atoms. The molecule has 0 aliphatic rings. The third kappa shape index (κ3) is 17.6. The summed E-state index contributed by atoms with van der Waals surface area (Å²) in [5.41, 5.74) is 5.91. The number of anilines is 1. The van der Waals surface area contributed by atoms with Crippen molar-refractivity contribution in [2.75, 3.05) is 26.9 Å². The van der Waals surface area contributed by atoms with E-state index in [0.717, 1.165) is 29.6 Å². The Hall–Kier alpha value is -7.75. The summed E-state index contributed by atoms with van der Waals surface area (Å²) in [6, 6.07) is 44.2. The second-order valence-electron chi connectivity index (χ2n) is 15.2. The number of phenolic OH excluding ortho intramolecular Hbond substituents is 2. The summed E-state index contributed by atoms with van der Waals surface area (Å²) in [4.78, 5) is -0.591. The molecule has 0 amide bonds. The van der Waals surface area contributed by atoms with Gasteiger partial charge in [0.1, 0.15) is 26.9 Å². The Bertz CT molecular complexity index is 3990. The van der Waals surface area contributed by atoms with E-state index >= 15 is 0 Å². The van der Waals surface area contributed by atoms with Crippen LogP contribution in [-0.4, -0.2) is 76.2 Å². The van der Waals surface area contributed by atoms with E-state index < -0.39 is 45.9 Å². The first-order valence-electron chi connectivity index (χ1n) is 23.7. The number of phenols is 2. The second-order valence-corrected chi connectivity index (χ2v) is 21.1. The van der Waals surface area contributed by atoms with Gasteiger partial charge >= 0.3 is 10.1 Å². The number of rotatable bonds is 14. The minimum absolute atomic E-state index is 0.00254. The highest BCUT2D eigenvalue weighted by molar-refractivity contribution is 7.95. The van der Waals surface area contributed by atoms with Crippen molar-refractivity contribution in [3.63, 3.8) is 0 Å². The molecule has 24 nitrogen and oxygen atoms in total. The van der Waals surface area contributed by atoms with Crippen molar-refractivity contribution in [2.45, 2.75) is 52.2 Å². The predicted octanol–water partition coefficient (Wildman–Crippen LogP) is 14.7. The molecule has 0 saturated heterocycles. The van der Waals surface area contributed by atoms with Crippen LogP contribution < -0.4 is 9.92 Å². The molecule has 0 spiro atoms. The van der Waals surface area contributed by atoms with Gasteiger partial charge < -0.3 is 20.1 Å². The van der Waals surface area contributed by atoms with Gasteiger partial charge in [-0.1, -0.05) is 153 Å². The zero-order chi connectivity index (χ0) is 60.6. The van der Waals surface area contributed by atoms with Crippen LogP contribution in [0.25, 0.3) is 43.1 Å². The highest BCUT2D eigenvalue weighted by Crippen LogP contribution is 2.49. The summed E-state index contributed by atoms with van der Waals surface area (Å²) >= 11 is 1.14. The van der Waals surface area contributed by atoms with E-state index in [-0.39, 0.29) is 54.8 Å². The quantitative estimate of drug-likeness (QED) is 0.0101. The number of aromatic hydroxyl groups is 2. The lowest BCUT2D eigenvalue weighted by Gasteiger charge is -2.14. The number of nitrogens with two attached hydrogens (primary N) is 1. The summed E-state index contributed by atoms with van der Waals surface area (Å²) in [5, 5.41) is 70.8. The molecule has 0 fully saturated rings. The van der Waals surface area contributed by atoms with Gasteiger partial charge in [-0.25, -0.2) is 10.5 Å². The topological polar surface area (TPSA) is 370 Å². The maximum absolute atomic E-state index is 12.4. The molecular formula is C53H55N7O17S5. The van der Waals surface area contributed by atoms with Crippen molar-refractivity contribution in [1.29, 1.82) is 0 Å². The minimum atomic E-state index is -4.72. The first kappa shape index (κ1) is 66.8. The fraction of sp³-hybridized carbons (Fsp3) is 0.132. The number of nitrogen functional groups attached to an aromatic ring is 1. The fourth-order valence-corrected chi connectivity index (χ4v) is 10.4. The summed E-state index contributed by atoms with van der Waals surface area (Å²) in [6.45, 7) is 8.00. The molecule has 434 valence electrons. The summed E-state index contributed by atoms with van der Waals surface area (Å²) in [6.07, 6.45) is 0. The van der Waals surface area contributed by atoms with E-state index in [1.807, 2.05) is 45.9 Å². The second kappa shape index (κ2) is 32.0. The largest absolute Gasteiger partial charge is 0.505 e. The molecule has 9 aromatic carbocycles. The zero-order valence-corrected chi connectivity index (χ0v) is 48.6. The van der Waals surface area contributed by atoms with Gasteiger partial charge in [0.25, 0.3) is 20.2 Å². The van der Waals surface area contributed by atoms with E-state index in [0.29, 0.717) is 33.1 Å². The fourth-order valence-electron chi connectivity index (χ4n) is 7.18. The molecule has 0 radical (unpaired) electrons. The molecule has 0 aliphatic heterocycles.